The van der Waals surface area contributed by atoms with E-state index in [1.807, 2.05) is 13.0 Å². The van der Waals surface area contributed by atoms with E-state index in [0.717, 1.165) is 29.8 Å². The highest BCUT2D eigenvalue weighted by molar-refractivity contribution is 6.39. The van der Waals surface area contributed by atoms with E-state index in [9.17, 15) is 27.9 Å². The summed E-state index contributed by atoms with van der Waals surface area (Å²) in [4.78, 5) is 23.6. The number of benzene rings is 2. The monoisotopic (exact) mass is 366 g/mol. The third kappa shape index (κ3) is 5.32. The van der Waals surface area contributed by atoms with Gasteiger partial charge in [-0.05, 0) is 42.3 Å². The van der Waals surface area contributed by atoms with Crippen LogP contribution in [0.3, 0.4) is 0 Å². The maximum atomic E-state index is 12.5. The Morgan fingerprint density at radius 3 is 2.31 bits per heavy atom. The van der Waals surface area contributed by atoms with Crippen LogP contribution in [0.5, 0.6) is 0 Å². The molecule has 138 valence electrons. The first-order valence-electron chi connectivity index (χ1n) is 7.68. The van der Waals surface area contributed by atoms with Crippen LogP contribution in [0, 0.1) is 6.92 Å². The van der Waals surface area contributed by atoms with Gasteiger partial charge in [-0.15, -0.1) is 0 Å². The van der Waals surface area contributed by atoms with Gasteiger partial charge >= 0.3 is 18.0 Å². The van der Waals surface area contributed by atoms with Gasteiger partial charge in [-0.25, -0.2) is 0 Å². The van der Waals surface area contributed by atoms with Gasteiger partial charge in [-0.2, -0.15) is 13.2 Å². The Balaban J connectivity index is 1.88. The maximum Gasteiger partial charge on any atom is 0.416 e. The van der Waals surface area contributed by atoms with Crippen LogP contribution in [0.25, 0.3) is 0 Å². The standard InChI is InChI=1S/C18H17F3N2O3/c1-11-3-2-4-14(9-11)23-17(26)16(25)22-10-15(24)12-5-7-13(8-6-12)18(19,20)21/h2-9,15,24H,10H2,1H3,(H,22,25)(H,23,26). The fourth-order valence-corrected chi connectivity index (χ4v) is 2.19. The van der Waals surface area contributed by atoms with E-state index in [4.69, 9.17) is 0 Å². The Kier molecular flexibility index (Phi) is 5.99. The Hall–Kier alpha value is -2.87. The van der Waals surface area contributed by atoms with Crippen molar-refractivity contribution in [3.05, 3.63) is 65.2 Å². The fraction of sp³-hybridized carbons (Fsp3) is 0.222. The van der Waals surface area contributed by atoms with E-state index < -0.39 is 29.7 Å². The lowest BCUT2D eigenvalue weighted by Gasteiger charge is -2.13. The largest absolute Gasteiger partial charge is 0.416 e. The molecule has 0 radical (unpaired) electrons. The topological polar surface area (TPSA) is 78.4 Å². The molecular formula is C18H17F3N2O3. The quantitative estimate of drug-likeness (QED) is 0.728. The normalized spacial score (nSPS) is 12.3. The van der Waals surface area contributed by atoms with Crippen LogP contribution in [0.2, 0.25) is 0 Å². The first-order chi connectivity index (χ1) is 12.2. The third-order valence-electron chi connectivity index (χ3n) is 3.56. The van der Waals surface area contributed by atoms with Gasteiger partial charge in [-0.3, -0.25) is 9.59 Å². The lowest BCUT2D eigenvalue weighted by Crippen LogP contribution is -2.37. The molecule has 26 heavy (non-hydrogen) atoms. The molecule has 0 saturated heterocycles. The molecule has 0 bridgehead atoms. The van der Waals surface area contributed by atoms with Crippen molar-refractivity contribution in [2.45, 2.75) is 19.2 Å². The van der Waals surface area contributed by atoms with Gasteiger partial charge in [0, 0.05) is 12.2 Å². The Morgan fingerprint density at radius 1 is 1.08 bits per heavy atom. The summed E-state index contributed by atoms with van der Waals surface area (Å²) in [6, 6.07) is 10.8. The van der Waals surface area contributed by atoms with Crippen molar-refractivity contribution >= 4 is 17.5 Å². The van der Waals surface area contributed by atoms with Gasteiger partial charge in [0.25, 0.3) is 0 Å². The molecule has 2 rings (SSSR count). The van der Waals surface area contributed by atoms with Crippen LogP contribution in [-0.4, -0.2) is 23.5 Å². The van der Waals surface area contributed by atoms with Crippen LogP contribution in [0.1, 0.15) is 22.8 Å². The van der Waals surface area contributed by atoms with Gasteiger partial charge in [0.15, 0.2) is 0 Å². The van der Waals surface area contributed by atoms with Gasteiger partial charge in [-0.1, -0.05) is 24.3 Å². The highest BCUT2D eigenvalue weighted by Gasteiger charge is 2.30. The van der Waals surface area contributed by atoms with Crippen molar-refractivity contribution in [2.75, 3.05) is 11.9 Å². The zero-order chi connectivity index (χ0) is 19.3. The molecule has 0 fully saturated rings. The number of aliphatic hydroxyl groups is 1. The second kappa shape index (κ2) is 8.01. The number of anilines is 1. The van der Waals surface area contributed by atoms with Crippen molar-refractivity contribution in [2.24, 2.45) is 0 Å². The SMILES string of the molecule is Cc1cccc(NC(=O)C(=O)NCC(O)c2ccc(C(F)(F)F)cc2)c1. The van der Waals surface area contributed by atoms with Crippen molar-refractivity contribution in [1.29, 1.82) is 0 Å². The zero-order valence-corrected chi connectivity index (χ0v) is 13.8. The van der Waals surface area contributed by atoms with E-state index >= 15 is 0 Å². The summed E-state index contributed by atoms with van der Waals surface area (Å²) in [5.41, 5.74) is 0.710. The molecule has 0 aromatic heterocycles. The number of amides is 2. The lowest BCUT2D eigenvalue weighted by atomic mass is 10.1. The Bertz CT molecular complexity index is 789. The molecule has 2 amide bonds. The van der Waals surface area contributed by atoms with Crippen LogP contribution in [-0.2, 0) is 15.8 Å². The molecule has 5 nitrogen and oxygen atoms in total. The van der Waals surface area contributed by atoms with Gasteiger partial charge in [0.1, 0.15) is 0 Å². The molecule has 0 aliphatic carbocycles. The Labute approximate surface area is 147 Å². The van der Waals surface area contributed by atoms with E-state index in [2.05, 4.69) is 10.6 Å². The number of aliphatic hydroxyl groups excluding tert-OH is 1. The van der Waals surface area contributed by atoms with Crippen molar-refractivity contribution in [3.8, 4) is 0 Å². The summed E-state index contributed by atoms with van der Waals surface area (Å²) < 4.78 is 37.5. The molecule has 0 spiro atoms. The molecular weight excluding hydrogens is 349 g/mol. The van der Waals surface area contributed by atoms with E-state index in [-0.39, 0.29) is 12.1 Å². The molecule has 3 N–H and O–H groups in total. The number of nitrogens with one attached hydrogen (secondary N) is 2. The number of alkyl halides is 3. The number of hydrogen-bond acceptors (Lipinski definition) is 3. The molecule has 0 aliphatic heterocycles. The van der Waals surface area contributed by atoms with Gasteiger partial charge in [0.2, 0.25) is 0 Å². The number of rotatable bonds is 4. The van der Waals surface area contributed by atoms with Gasteiger partial charge in [0.05, 0.1) is 11.7 Å². The van der Waals surface area contributed by atoms with E-state index in [0.29, 0.717) is 5.69 Å². The molecule has 0 aliphatic rings. The summed E-state index contributed by atoms with van der Waals surface area (Å²) in [5, 5.41) is 14.6. The Morgan fingerprint density at radius 2 is 1.73 bits per heavy atom. The predicted octanol–water partition coefficient (Wildman–Crippen LogP) is 2.80. The van der Waals surface area contributed by atoms with Gasteiger partial charge < -0.3 is 15.7 Å². The second-order valence-electron chi connectivity index (χ2n) is 5.67. The van der Waals surface area contributed by atoms with Crippen molar-refractivity contribution in [3.63, 3.8) is 0 Å². The van der Waals surface area contributed by atoms with E-state index in [1.165, 1.54) is 0 Å². The van der Waals surface area contributed by atoms with Crippen LogP contribution >= 0.6 is 0 Å². The average molecular weight is 366 g/mol. The van der Waals surface area contributed by atoms with Crippen LogP contribution < -0.4 is 10.6 Å². The number of halogens is 3. The molecule has 0 heterocycles. The molecule has 2 aromatic rings. The first-order valence-corrected chi connectivity index (χ1v) is 7.68. The number of carbonyl (C=O) groups excluding carboxylic acids is 2. The summed E-state index contributed by atoms with van der Waals surface area (Å²) in [7, 11) is 0. The number of carbonyl (C=O) groups is 2. The molecule has 8 heteroatoms. The summed E-state index contributed by atoms with van der Waals surface area (Å²) in [5.74, 6) is -1.87. The predicted molar refractivity (Wildman–Crippen MR) is 89.2 cm³/mol. The fourth-order valence-electron chi connectivity index (χ4n) is 2.19. The lowest BCUT2D eigenvalue weighted by molar-refractivity contribution is -0.137. The number of hydrogen-bond donors (Lipinski definition) is 3. The minimum atomic E-state index is -4.47. The maximum absolute atomic E-state index is 12.5. The molecule has 1 atom stereocenters. The smallest absolute Gasteiger partial charge is 0.387 e. The minimum Gasteiger partial charge on any atom is -0.387 e. The minimum absolute atomic E-state index is 0.192. The number of aryl methyl sites for hydroxylation is 1. The average Bonchev–Trinajstić information content (AvgIpc) is 2.58. The summed E-state index contributed by atoms with van der Waals surface area (Å²) in [6.07, 6.45) is -5.71. The zero-order valence-electron chi connectivity index (χ0n) is 13.8. The molecule has 2 aromatic carbocycles. The summed E-state index contributed by atoms with van der Waals surface area (Å²) in [6.45, 7) is 1.52. The van der Waals surface area contributed by atoms with Crippen LogP contribution in [0.4, 0.5) is 18.9 Å². The highest BCUT2D eigenvalue weighted by Crippen LogP contribution is 2.29. The first kappa shape index (κ1) is 19.5. The van der Waals surface area contributed by atoms with E-state index in [1.54, 1.807) is 18.2 Å². The molecule has 1 unspecified atom stereocenters. The third-order valence-corrected chi connectivity index (χ3v) is 3.56. The highest BCUT2D eigenvalue weighted by atomic mass is 19.4. The van der Waals surface area contributed by atoms with Crippen molar-refractivity contribution in [1.82, 2.24) is 5.32 Å². The van der Waals surface area contributed by atoms with Crippen LogP contribution in [0.15, 0.2) is 48.5 Å². The summed E-state index contributed by atoms with van der Waals surface area (Å²) >= 11 is 0. The second-order valence-corrected chi connectivity index (χ2v) is 5.67. The molecule has 0 saturated carbocycles. The van der Waals surface area contributed by atoms with Crippen molar-refractivity contribution < 1.29 is 27.9 Å².